The lowest BCUT2D eigenvalue weighted by atomic mass is 9.89. The smallest absolute Gasteiger partial charge is 0.144 e. The van der Waals surface area contributed by atoms with Gasteiger partial charge in [0.1, 0.15) is 5.75 Å². The van der Waals surface area contributed by atoms with Crippen LogP contribution in [0.15, 0.2) is 18.2 Å². The van der Waals surface area contributed by atoms with Crippen molar-refractivity contribution >= 4 is 11.4 Å². The molecule has 3 heteroatoms. The Hall–Kier alpha value is -1.38. The predicted octanol–water partition coefficient (Wildman–Crippen LogP) is 4.07. The number of nitrogen functional groups attached to an aromatic ring is 1. The summed E-state index contributed by atoms with van der Waals surface area (Å²) in [6.07, 6.45) is 7.08. The van der Waals surface area contributed by atoms with Crippen LogP contribution >= 0.6 is 0 Å². The Balaban J connectivity index is 2.03. The summed E-state index contributed by atoms with van der Waals surface area (Å²) in [5.74, 6) is 1.63. The fourth-order valence-corrected chi connectivity index (χ4v) is 2.98. The van der Waals surface area contributed by atoms with Crippen LogP contribution in [0.2, 0.25) is 0 Å². The Morgan fingerprint density at radius 3 is 2.60 bits per heavy atom. The van der Waals surface area contributed by atoms with E-state index in [4.69, 9.17) is 10.5 Å². The molecule has 0 aliphatic heterocycles. The quantitative estimate of drug-likeness (QED) is 0.824. The van der Waals surface area contributed by atoms with Crippen LogP contribution in [0.1, 0.15) is 46.0 Å². The zero-order valence-electron chi connectivity index (χ0n) is 13.1. The van der Waals surface area contributed by atoms with Gasteiger partial charge in [-0.1, -0.05) is 19.3 Å². The molecule has 1 saturated carbocycles. The van der Waals surface area contributed by atoms with Gasteiger partial charge in [-0.3, -0.25) is 0 Å². The van der Waals surface area contributed by atoms with Crippen LogP contribution in [0, 0.1) is 5.92 Å². The number of hydrogen-bond donors (Lipinski definition) is 1. The molecule has 1 aliphatic carbocycles. The molecule has 1 aromatic carbocycles. The van der Waals surface area contributed by atoms with E-state index in [0.29, 0.717) is 5.69 Å². The highest BCUT2D eigenvalue weighted by Gasteiger charge is 2.16. The highest BCUT2D eigenvalue weighted by Crippen LogP contribution is 2.30. The molecule has 3 nitrogen and oxygen atoms in total. The molecule has 112 valence electrons. The number of hydrogen-bond acceptors (Lipinski definition) is 3. The van der Waals surface area contributed by atoms with Crippen LogP contribution in [0.5, 0.6) is 5.75 Å². The number of ether oxygens (including phenoxy) is 1. The molecule has 2 N–H and O–H groups in total. The number of benzene rings is 1. The summed E-state index contributed by atoms with van der Waals surface area (Å²) in [6.45, 7) is 5.18. The van der Waals surface area contributed by atoms with Crippen molar-refractivity contribution < 1.29 is 4.74 Å². The molecule has 0 amide bonds. The average Bonchev–Trinajstić information content (AvgIpc) is 2.42. The highest BCUT2D eigenvalue weighted by molar-refractivity contribution is 5.62. The second-order valence-electron chi connectivity index (χ2n) is 6.27. The van der Waals surface area contributed by atoms with Gasteiger partial charge in [0.15, 0.2) is 0 Å². The van der Waals surface area contributed by atoms with E-state index < -0.39 is 0 Å². The monoisotopic (exact) mass is 276 g/mol. The van der Waals surface area contributed by atoms with Gasteiger partial charge < -0.3 is 15.4 Å². The van der Waals surface area contributed by atoms with Gasteiger partial charge in [-0.05, 0) is 44.7 Å². The standard InChI is InChI=1S/C17H28N2O/c1-13(2)20-17-11-15(9-10-16(17)18)19(3)12-14-7-5-4-6-8-14/h9-11,13-14H,4-8,12,18H2,1-3H3. The van der Waals surface area contributed by atoms with Crippen LogP contribution in [-0.2, 0) is 0 Å². The van der Waals surface area contributed by atoms with E-state index in [1.807, 2.05) is 19.9 Å². The minimum atomic E-state index is 0.149. The highest BCUT2D eigenvalue weighted by atomic mass is 16.5. The number of rotatable bonds is 5. The van der Waals surface area contributed by atoms with Crippen molar-refractivity contribution in [3.8, 4) is 5.75 Å². The molecule has 1 aromatic rings. The van der Waals surface area contributed by atoms with E-state index in [2.05, 4.69) is 24.1 Å². The number of anilines is 2. The second-order valence-corrected chi connectivity index (χ2v) is 6.27. The summed E-state index contributed by atoms with van der Waals surface area (Å²) < 4.78 is 5.77. The summed E-state index contributed by atoms with van der Waals surface area (Å²) in [6, 6.07) is 6.11. The van der Waals surface area contributed by atoms with E-state index >= 15 is 0 Å². The predicted molar refractivity (Wildman–Crippen MR) is 86.5 cm³/mol. The van der Waals surface area contributed by atoms with E-state index in [1.165, 1.54) is 37.8 Å². The van der Waals surface area contributed by atoms with Crippen LogP contribution in [0.25, 0.3) is 0 Å². The summed E-state index contributed by atoms with van der Waals surface area (Å²) in [5.41, 5.74) is 7.89. The fraction of sp³-hybridized carbons (Fsp3) is 0.647. The normalized spacial score (nSPS) is 16.4. The second kappa shape index (κ2) is 6.87. The third-order valence-corrected chi connectivity index (χ3v) is 4.06. The lowest BCUT2D eigenvalue weighted by Crippen LogP contribution is -2.26. The first-order chi connectivity index (χ1) is 9.56. The van der Waals surface area contributed by atoms with Crippen molar-refractivity contribution in [1.82, 2.24) is 0 Å². The maximum absolute atomic E-state index is 5.98. The first-order valence-corrected chi connectivity index (χ1v) is 7.83. The number of nitrogens with two attached hydrogens (primary N) is 1. The molecule has 0 aromatic heterocycles. The van der Waals surface area contributed by atoms with Gasteiger partial charge in [0.2, 0.25) is 0 Å². The largest absolute Gasteiger partial charge is 0.489 e. The first-order valence-electron chi connectivity index (χ1n) is 7.83. The first kappa shape index (κ1) is 15.0. The Bertz CT molecular complexity index is 425. The third kappa shape index (κ3) is 4.06. The van der Waals surface area contributed by atoms with E-state index in [9.17, 15) is 0 Å². The molecular weight excluding hydrogens is 248 g/mol. The summed E-state index contributed by atoms with van der Waals surface area (Å²) in [4.78, 5) is 2.34. The van der Waals surface area contributed by atoms with Crippen molar-refractivity contribution in [1.29, 1.82) is 0 Å². The van der Waals surface area contributed by atoms with E-state index in [0.717, 1.165) is 18.2 Å². The summed E-state index contributed by atoms with van der Waals surface area (Å²) >= 11 is 0. The Kier molecular flexibility index (Phi) is 5.16. The van der Waals surface area contributed by atoms with Gasteiger partial charge in [0.05, 0.1) is 11.8 Å². The van der Waals surface area contributed by atoms with E-state index in [1.54, 1.807) is 0 Å². The molecular formula is C17H28N2O. The minimum Gasteiger partial charge on any atom is -0.489 e. The molecule has 0 heterocycles. The maximum Gasteiger partial charge on any atom is 0.144 e. The molecule has 0 unspecified atom stereocenters. The topological polar surface area (TPSA) is 38.5 Å². The van der Waals surface area contributed by atoms with Gasteiger partial charge in [0.25, 0.3) is 0 Å². The van der Waals surface area contributed by atoms with Gasteiger partial charge in [-0.2, -0.15) is 0 Å². The van der Waals surface area contributed by atoms with Gasteiger partial charge >= 0.3 is 0 Å². The molecule has 2 rings (SSSR count). The summed E-state index contributed by atoms with van der Waals surface area (Å²) in [7, 11) is 2.17. The molecule has 0 saturated heterocycles. The fourth-order valence-electron chi connectivity index (χ4n) is 2.98. The Morgan fingerprint density at radius 1 is 1.25 bits per heavy atom. The number of nitrogens with zero attached hydrogens (tertiary/aromatic N) is 1. The average molecular weight is 276 g/mol. The van der Waals surface area contributed by atoms with Gasteiger partial charge in [-0.25, -0.2) is 0 Å². The molecule has 1 aliphatic rings. The Morgan fingerprint density at radius 2 is 1.95 bits per heavy atom. The van der Waals surface area contributed by atoms with Crippen molar-refractivity contribution in [2.75, 3.05) is 24.2 Å². The molecule has 0 bridgehead atoms. The Labute approximate surface area is 123 Å². The zero-order chi connectivity index (χ0) is 14.5. The van der Waals surface area contributed by atoms with Gasteiger partial charge in [-0.15, -0.1) is 0 Å². The van der Waals surface area contributed by atoms with Crippen molar-refractivity contribution in [3.05, 3.63) is 18.2 Å². The molecule has 0 radical (unpaired) electrons. The van der Waals surface area contributed by atoms with Gasteiger partial charge in [0, 0.05) is 25.3 Å². The zero-order valence-corrected chi connectivity index (χ0v) is 13.1. The SMILES string of the molecule is CC(C)Oc1cc(N(C)CC2CCCCC2)ccc1N. The van der Waals surface area contributed by atoms with Crippen molar-refractivity contribution in [2.45, 2.75) is 52.1 Å². The van der Waals surface area contributed by atoms with Crippen molar-refractivity contribution in [3.63, 3.8) is 0 Å². The molecule has 0 atom stereocenters. The van der Waals surface area contributed by atoms with Crippen LogP contribution in [-0.4, -0.2) is 19.7 Å². The van der Waals surface area contributed by atoms with E-state index in [-0.39, 0.29) is 6.10 Å². The molecule has 1 fully saturated rings. The van der Waals surface area contributed by atoms with Crippen LogP contribution < -0.4 is 15.4 Å². The minimum absolute atomic E-state index is 0.149. The molecule has 0 spiro atoms. The lowest BCUT2D eigenvalue weighted by Gasteiger charge is -2.28. The van der Waals surface area contributed by atoms with Crippen LogP contribution in [0.3, 0.4) is 0 Å². The summed E-state index contributed by atoms with van der Waals surface area (Å²) in [5, 5.41) is 0. The lowest BCUT2D eigenvalue weighted by molar-refractivity contribution is 0.244. The van der Waals surface area contributed by atoms with Crippen molar-refractivity contribution in [2.24, 2.45) is 5.92 Å². The molecule has 20 heavy (non-hydrogen) atoms. The third-order valence-electron chi connectivity index (χ3n) is 4.06. The van der Waals surface area contributed by atoms with Crippen LogP contribution in [0.4, 0.5) is 11.4 Å². The maximum atomic E-state index is 5.98.